The van der Waals surface area contributed by atoms with Gasteiger partial charge in [0.25, 0.3) is 0 Å². The van der Waals surface area contributed by atoms with Crippen molar-refractivity contribution in [3.05, 3.63) is 0 Å². The minimum absolute atomic E-state index is 0.0405. The summed E-state index contributed by atoms with van der Waals surface area (Å²) in [7, 11) is 1.72. The van der Waals surface area contributed by atoms with Gasteiger partial charge in [0.2, 0.25) is 5.91 Å². The van der Waals surface area contributed by atoms with Gasteiger partial charge in [-0.3, -0.25) is 4.79 Å². The maximum absolute atomic E-state index is 12.2. The van der Waals surface area contributed by atoms with Crippen LogP contribution in [0.3, 0.4) is 0 Å². The predicted molar refractivity (Wildman–Crippen MR) is 73.2 cm³/mol. The van der Waals surface area contributed by atoms with E-state index in [-0.39, 0.29) is 11.3 Å². The molecule has 0 atom stereocenters. The third-order valence-corrected chi connectivity index (χ3v) is 4.60. The molecule has 0 bridgehead atoms. The fraction of sp³-hybridized carbons (Fsp3) is 0.929. The summed E-state index contributed by atoms with van der Waals surface area (Å²) in [5, 5.41) is 3.07. The number of ether oxygens (including phenoxy) is 1. The molecule has 0 unspecified atom stereocenters. The van der Waals surface area contributed by atoms with Crippen molar-refractivity contribution >= 4 is 5.91 Å². The van der Waals surface area contributed by atoms with E-state index in [1.165, 1.54) is 12.8 Å². The van der Waals surface area contributed by atoms with E-state index < -0.39 is 11.0 Å². The Bertz CT molecular complexity index is 301. The molecule has 1 rings (SSSR count). The lowest BCUT2D eigenvalue weighted by atomic mass is 9.74. The van der Waals surface area contributed by atoms with Crippen molar-refractivity contribution in [3.63, 3.8) is 0 Å². The summed E-state index contributed by atoms with van der Waals surface area (Å²) >= 11 is 0. The molecule has 0 heterocycles. The second-order valence-electron chi connectivity index (χ2n) is 6.77. The van der Waals surface area contributed by atoms with Crippen molar-refractivity contribution in [2.75, 3.05) is 20.3 Å². The molecule has 0 radical (unpaired) electrons. The number of methoxy groups -OCH3 is 1. The molecule has 1 fully saturated rings. The number of rotatable bonds is 7. The molecule has 4 nitrogen and oxygen atoms in total. The van der Waals surface area contributed by atoms with Crippen LogP contribution in [0.5, 0.6) is 0 Å². The smallest absolute Gasteiger partial charge is 0.227 e. The van der Waals surface area contributed by atoms with E-state index in [2.05, 4.69) is 5.32 Å². The average Bonchev–Trinajstić information content (AvgIpc) is 3.02. The van der Waals surface area contributed by atoms with Crippen LogP contribution >= 0.6 is 0 Å². The van der Waals surface area contributed by atoms with E-state index in [0.717, 1.165) is 19.6 Å². The summed E-state index contributed by atoms with van der Waals surface area (Å²) in [5.41, 5.74) is 5.25. The van der Waals surface area contributed by atoms with Gasteiger partial charge in [-0.1, -0.05) is 0 Å². The van der Waals surface area contributed by atoms with Gasteiger partial charge in [0, 0.05) is 25.8 Å². The summed E-state index contributed by atoms with van der Waals surface area (Å²) in [5.74, 6) is 0.0405. The van der Waals surface area contributed by atoms with Crippen molar-refractivity contribution in [3.8, 4) is 0 Å². The third-order valence-electron chi connectivity index (χ3n) is 4.60. The fourth-order valence-electron chi connectivity index (χ4n) is 1.79. The van der Waals surface area contributed by atoms with Gasteiger partial charge in [-0.2, -0.15) is 0 Å². The van der Waals surface area contributed by atoms with Crippen LogP contribution in [0.4, 0.5) is 0 Å². The summed E-state index contributed by atoms with van der Waals surface area (Å²) in [6, 6.07) is 0. The molecule has 106 valence electrons. The minimum Gasteiger partial charge on any atom is -0.385 e. The van der Waals surface area contributed by atoms with Crippen molar-refractivity contribution in [1.29, 1.82) is 0 Å². The number of amides is 1. The van der Waals surface area contributed by atoms with Crippen LogP contribution in [0.15, 0.2) is 0 Å². The molecule has 0 aliphatic heterocycles. The zero-order chi connectivity index (χ0) is 14.0. The van der Waals surface area contributed by atoms with Crippen LogP contribution in [0.1, 0.15) is 47.0 Å². The molecule has 18 heavy (non-hydrogen) atoms. The highest BCUT2D eigenvalue weighted by atomic mass is 16.5. The van der Waals surface area contributed by atoms with Gasteiger partial charge < -0.3 is 15.8 Å². The van der Waals surface area contributed by atoms with Crippen molar-refractivity contribution in [2.24, 2.45) is 16.6 Å². The first-order valence-corrected chi connectivity index (χ1v) is 6.71. The highest BCUT2D eigenvalue weighted by Gasteiger charge is 2.45. The number of hydrogen-bond acceptors (Lipinski definition) is 3. The Kier molecular flexibility index (Phi) is 4.44. The maximum atomic E-state index is 12.2. The highest BCUT2D eigenvalue weighted by Crippen LogP contribution is 2.48. The van der Waals surface area contributed by atoms with Crippen molar-refractivity contribution < 1.29 is 9.53 Å². The standard InChI is InChI=1S/C14H28N2O2/c1-12(2,13(3,4)15)11(17)16-10-14(6-7-14)8-9-18-5/h6-10,15H2,1-5H3,(H,16,17). The van der Waals surface area contributed by atoms with Crippen LogP contribution in [0.2, 0.25) is 0 Å². The van der Waals surface area contributed by atoms with E-state index in [9.17, 15) is 4.79 Å². The Morgan fingerprint density at radius 2 is 1.89 bits per heavy atom. The molecule has 4 heteroatoms. The number of carbonyl (C=O) groups excluding carboxylic acids is 1. The van der Waals surface area contributed by atoms with Gasteiger partial charge in [0.05, 0.1) is 5.41 Å². The Morgan fingerprint density at radius 3 is 2.28 bits per heavy atom. The molecule has 0 aromatic rings. The molecular formula is C14H28N2O2. The SMILES string of the molecule is COCCC1(CNC(=O)C(C)(C)C(C)(C)N)CC1. The number of carbonyl (C=O) groups is 1. The van der Waals surface area contributed by atoms with E-state index in [1.54, 1.807) is 7.11 Å². The second-order valence-corrected chi connectivity index (χ2v) is 6.77. The van der Waals surface area contributed by atoms with Gasteiger partial charge >= 0.3 is 0 Å². The van der Waals surface area contributed by atoms with E-state index >= 15 is 0 Å². The van der Waals surface area contributed by atoms with Crippen LogP contribution in [-0.4, -0.2) is 31.7 Å². The molecule has 0 saturated heterocycles. The first-order chi connectivity index (χ1) is 8.15. The average molecular weight is 256 g/mol. The largest absolute Gasteiger partial charge is 0.385 e. The normalized spacial score (nSPS) is 18.6. The van der Waals surface area contributed by atoms with Crippen molar-refractivity contribution in [1.82, 2.24) is 5.32 Å². The highest BCUT2D eigenvalue weighted by molar-refractivity contribution is 5.83. The van der Waals surface area contributed by atoms with Gasteiger partial charge in [0.1, 0.15) is 0 Å². The molecule has 1 amide bonds. The molecule has 3 N–H and O–H groups in total. The number of nitrogens with one attached hydrogen (secondary N) is 1. The number of hydrogen-bond donors (Lipinski definition) is 2. The zero-order valence-electron chi connectivity index (χ0n) is 12.4. The lowest BCUT2D eigenvalue weighted by molar-refractivity contribution is -0.132. The molecule has 1 saturated carbocycles. The first-order valence-electron chi connectivity index (χ1n) is 6.71. The monoisotopic (exact) mass is 256 g/mol. The summed E-state index contributed by atoms with van der Waals surface area (Å²) < 4.78 is 5.11. The first kappa shape index (κ1) is 15.4. The molecule has 1 aliphatic carbocycles. The van der Waals surface area contributed by atoms with Gasteiger partial charge in [0.15, 0.2) is 0 Å². The maximum Gasteiger partial charge on any atom is 0.227 e. The Morgan fingerprint density at radius 1 is 1.33 bits per heavy atom. The second kappa shape index (κ2) is 5.17. The Balaban J connectivity index is 2.47. The van der Waals surface area contributed by atoms with Gasteiger partial charge in [-0.15, -0.1) is 0 Å². The van der Waals surface area contributed by atoms with Crippen LogP contribution < -0.4 is 11.1 Å². The lowest BCUT2D eigenvalue weighted by Crippen LogP contribution is -2.56. The topological polar surface area (TPSA) is 64.3 Å². The molecule has 0 spiro atoms. The quantitative estimate of drug-likeness (QED) is 0.728. The van der Waals surface area contributed by atoms with E-state index in [4.69, 9.17) is 10.5 Å². The van der Waals surface area contributed by atoms with Crippen LogP contribution in [0.25, 0.3) is 0 Å². The van der Waals surface area contributed by atoms with Gasteiger partial charge in [-0.05, 0) is 52.4 Å². The fourth-order valence-corrected chi connectivity index (χ4v) is 1.79. The van der Waals surface area contributed by atoms with Crippen LogP contribution in [-0.2, 0) is 9.53 Å². The molecule has 1 aliphatic rings. The predicted octanol–water partition coefficient (Wildman–Crippen LogP) is 1.68. The number of nitrogens with two attached hydrogens (primary N) is 1. The van der Waals surface area contributed by atoms with Crippen molar-refractivity contribution in [2.45, 2.75) is 52.5 Å². The summed E-state index contributed by atoms with van der Waals surface area (Å²) in [4.78, 5) is 12.2. The lowest BCUT2D eigenvalue weighted by Gasteiger charge is -2.37. The van der Waals surface area contributed by atoms with Crippen LogP contribution in [0, 0.1) is 10.8 Å². The summed E-state index contributed by atoms with van der Waals surface area (Å²) in [6.45, 7) is 9.10. The van der Waals surface area contributed by atoms with E-state index in [1.807, 2.05) is 27.7 Å². The summed E-state index contributed by atoms with van der Waals surface area (Å²) in [6.07, 6.45) is 3.39. The minimum atomic E-state index is -0.565. The third kappa shape index (κ3) is 3.45. The Labute approximate surface area is 111 Å². The molecular weight excluding hydrogens is 228 g/mol. The molecule has 0 aromatic heterocycles. The van der Waals surface area contributed by atoms with E-state index in [0.29, 0.717) is 0 Å². The Hall–Kier alpha value is -0.610. The molecule has 0 aromatic carbocycles. The van der Waals surface area contributed by atoms with Gasteiger partial charge in [-0.25, -0.2) is 0 Å². The zero-order valence-corrected chi connectivity index (χ0v) is 12.4.